The van der Waals surface area contributed by atoms with Crippen LogP contribution in [-0.4, -0.2) is 23.5 Å². The van der Waals surface area contributed by atoms with Gasteiger partial charge in [0.05, 0.1) is 5.02 Å². The van der Waals surface area contributed by atoms with E-state index in [9.17, 15) is 4.79 Å². The molecule has 1 fully saturated rings. The Kier molecular flexibility index (Phi) is 4.20. The van der Waals surface area contributed by atoms with Gasteiger partial charge in [0.25, 0.3) is 5.91 Å². The van der Waals surface area contributed by atoms with Gasteiger partial charge in [-0.25, -0.2) is 4.98 Å². The summed E-state index contributed by atoms with van der Waals surface area (Å²) >= 11 is 6.12. The number of hydrogen-bond donors (Lipinski definition) is 2. The van der Waals surface area contributed by atoms with E-state index in [1.165, 1.54) is 0 Å². The largest absolute Gasteiger partial charge is 0.370 e. The van der Waals surface area contributed by atoms with Crippen LogP contribution in [0.5, 0.6) is 0 Å². The van der Waals surface area contributed by atoms with Gasteiger partial charge >= 0.3 is 0 Å². The standard InChI is InChI=1S/C16H24ClN3O/c1-6-9-18-11-8-7-10(17)12(19-11)13(21)20-14-15(2,3)16(14,4)5/h7-8,14H,6,9H2,1-5H3,(H,18,19)(H,20,21). The van der Waals surface area contributed by atoms with Gasteiger partial charge < -0.3 is 10.6 Å². The molecule has 2 rings (SSSR count). The van der Waals surface area contributed by atoms with Crippen molar-refractivity contribution in [2.75, 3.05) is 11.9 Å². The molecule has 1 heterocycles. The van der Waals surface area contributed by atoms with Gasteiger partial charge in [-0.1, -0.05) is 46.2 Å². The summed E-state index contributed by atoms with van der Waals surface area (Å²) in [5.74, 6) is 0.476. The van der Waals surface area contributed by atoms with Gasteiger partial charge in [0.1, 0.15) is 11.5 Å². The highest BCUT2D eigenvalue weighted by molar-refractivity contribution is 6.33. The van der Waals surface area contributed by atoms with Crippen molar-refractivity contribution in [3.63, 3.8) is 0 Å². The lowest BCUT2D eigenvalue weighted by Crippen LogP contribution is -2.30. The molecule has 0 radical (unpaired) electrons. The van der Waals surface area contributed by atoms with E-state index in [1.807, 2.05) is 0 Å². The molecule has 0 atom stereocenters. The van der Waals surface area contributed by atoms with Crippen LogP contribution in [0.3, 0.4) is 0 Å². The van der Waals surface area contributed by atoms with Gasteiger partial charge in [-0.3, -0.25) is 4.79 Å². The van der Waals surface area contributed by atoms with Crippen molar-refractivity contribution < 1.29 is 4.79 Å². The third-order valence-corrected chi connectivity index (χ3v) is 5.22. The Balaban J connectivity index is 2.13. The zero-order valence-electron chi connectivity index (χ0n) is 13.4. The molecule has 4 nitrogen and oxygen atoms in total. The summed E-state index contributed by atoms with van der Waals surface area (Å²) in [5.41, 5.74) is 0.469. The van der Waals surface area contributed by atoms with Crippen LogP contribution in [0.2, 0.25) is 5.02 Å². The zero-order valence-corrected chi connectivity index (χ0v) is 14.1. The van der Waals surface area contributed by atoms with E-state index in [2.05, 4.69) is 50.2 Å². The molecule has 0 aromatic carbocycles. The Labute approximate surface area is 131 Å². The molecule has 5 heteroatoms. The van der Waals surface area contributed by atoms with Gasteiger partial charge in [-0.15, -0.1) is 0 Å². The average Bonchev–Trinajstić information content (AvgIpc) is 2.80. The first-order valence-corrected chi connectivity index (χ1v) is 7.81. The number of amides is 1. The van der Waals surface area contributed by atoms with Crippen molar-refractivity contribution in [1.29, 1.82) is 0 Å². The van der Waals surface area contributed by atoms with E-state index in [4.69, 9.17) is 11.6 Å². The number of rotatable bonds is 5. The Morgan fingerprint density at radius 1 is 1.29 bits per heavy atom. The Morgan fingerprint density at radius 3 is 2.43 bits per heavy atom. The smallest absolute Gasteiger partial charge is 0.271 e. The number of anilines is 1. The van der Waals surface area contributed by atoms with Gasteiger partial charge in [-0.2, -0.15) is 0 Å². The lowest BCUT2D eigenvalue weighted by atomic mass is 10.0. The summed E-state index contributed by atoms with van der Waals surface area (Å²) < 4.78 is 0. The molecule has 0 saturated heterocycles. The van der Waals surface area contributed by atoms with E-state index in [1.54, 1.807) is 12.1 Å². The average molecular weight is 310 g/mol. The SMILES string of the molecule is CCCNc1ccc(Cl)c(C(=O)NC2C(C)(C)C2(C)C)n1. The van der Waals surface area contributed by atoms with Crippen molar-refractivity contribution >= 4 is 23.3 Å². The van der Waals surface area contributed by atoms with Gasteiger partial charge in [0.15, 0.2) is 0 Å². The summed E-state index contributed by atoms with van der Waals surface area (Å²) in [4.78, 5) is 16.8. The fourth-order valence-corrected chi connectivity index (χ4v) is 2.90. The fraction of sp³-hybridized carbons (Fsp3) is 0.625. The number of aromatic nitrogens is 1. The number of nitrogens with zero attached hydrogens (tertiary/aromatic N) is 1. The second kappa shape index (κ2) is 5.48. The fourth-order valence-electron chi connectivity index (χ4n) is 2.71. The van der Waals surface area contributed by atoms with Crippen molar-refractivity contribution in [3.8, 4) is 0 Å². The first-order chi connectivity index (χ1) is 9.71. The van der Waals surface area contributed by atoms with Crippen LogP contribution in [0.25, 0.3) is 0 Å². The van der Waals surface area contributed by atoms with Crippen molar-refractivity contribution in [2.45, 2.75) is 47.1 Å². The lowest BCUT2D eigenvalue weighted by Gasteiger charge is -2.10. The summed E-state index contributed by atoms with van der Waals surface area (Å²) in [6, 6.07) is 3.65. The molecule has 21 heavy (non-hydrogen) atoms. The number of carbonyl (C=O) groups excluding carboxylic acids is 1. The molecule has 2 N–H and O–H groups in total. The molecule has 1 amide bonds. The summed E-state index contributed by atoms with van der Waals surface area (Å²) in [5, 5.41) is 6.61. The maximum absolute atomic E-state index is 12.4. The Bertz CT molecular complexity index is 540. The Hall–Kier alpha value is -1.29. The molecular weight excluding hydrogens is 286 g/mol. The molecule has 1 aromatic heterocycles. The molecule has 0 aliphatic heterocycles. The van der Waals surface area contributed by atoms with E-state index in [0.29, 0.717) is 10.8 Å². The maximum atomic E-state index is 12.4. The summed E-state index contributed by atoms with van der Waals surface area (Å²) in [7, 11) is 0. The first kappa shape index (κ1) is 16.1. The predicted molar refractivity (Wildman–Crippen MR) is 86.8 cm³/mol. The van der Waals surface area contributed by atoms with Crippen LogP contribution >= 0.6 is 11.6 Å². The predicted octanol–water partition coefficient (Wildman–Crippen LogP) is 3.72. The first-order valence-electron chi connectivity index (χ1n) is 7.43. The van der Waals surface area contributed by atoms with Crippen molar-refractivity contribution in [2.24, 2.45) is 10.8 Å². The molecule has 0 bridgehead atoms. The maximum Gasteiger partial charge on any atom is 0.271 e. The molecule has 116 valence electrons. The number of carbonyl (C=O) groups is 1. The van der Waals surface area contributed by atoms with Gasteiger partial charge in [0, 0.05) is 12.6 Å². The highest BCUT2D eigenvalue weighted by Gasteiger charge is 2.65. The summed E-state index contributed by atoms with van der Waals surface area (Å²) in [6.07, 6.45) is 0.996. The van der Waals surface area contributed by atoms with E-state index < -0.39 is 0 Å². The number of hydrogen-bond acceptors (Lipinski definition) is 3. The Morgan fingerprint density at radius 2 is 1.90 bits per heavy atom. The van der Waals surface area contributed by atoms with Gasteiger partial charge in [0.2, 0.25) is 0 Å². The molecule has 1 aromatic rings. The van der Waals surface area contributed by atoms with Crippen LogP contribution < -0.4 is 10.6 Å². The number of halogens is 1. The third kappa shape index (κ3) is 2.86. The minimum atomic E-state index is -0.205. The van der Waals surface area contributed by atoms with Crippen LogP contribution in [0.4, 0.5) is 5.82 Å². The molecular formula is C16H24ClN3O. The summed E-state index contributed by atoms with van der Waals surface area (Å²) in [6.45, 7) is 11.5. The number of nitrogens with one attached hydrogen (secondary N) is 2. The second-order valence-electron chi connectivity index (χ2n) is 6.80. The molecule has 0 spiro atoms. The number of pyridine rings is 1. The topological polar surface area (TPSA) is 54.0 Å². The molecule has 1 aliphatic carbocycles. The van der Waals surface area contributed by atoms with Crippen molar-refractivity contribution in [1.82, 2.24) is 10.3 Å². The van der Waals surface area contributed by atoms with E-state index in [0.717, 1.165) is 13.0 Å². The molecule has 0 unspecified atom stereocenters. The normalized spacial score (nSPS) is 19.1. The molecule has 1 saturated carbocycles. The van der Waals surface area contributed by atoms with E-state index in [-0.39, 0.29) is 28.5 Å². The van der Waals surface area contributed by atoms with Crippen LogP contribution in [0, 0.1) is 10.8 Å². The zero-order chi connectivity index (χ0) is 15.8. The van der Waals surface area contributed by atoms with Gasteiger partial charge in [-0.05, 0) is 29.4 Å². The van der Waals surface area contributed by atoms with Crippen LogP contribution in [0.1, 0.15) is 51.5 Å². The van der Waals surface area contributed by atoms with Crippen LogP contribution in [0.15, 0.2) is 12.1 Å². The van der Waals surface area contributed by atoms with Crippen LogP contribution in [-0.2, 0) is 0 Å². The monoisotopic (exact) mass is 309 g/mol. The highest BCUT2D eigenvalue weighted by Crippen LogP contribution is 2.62. The van der Waals surface area contributed by atoms with E-state index >= 15 is 0 Å². The highest BCUT2D eigenvalue weighted by atomic mass is 35.5. The lowest BCUT2D eigenvalue weighted by molar-refractivity contribution is 0.0939. The third-order valence-electron chi connectivity index (χ3n) is 4.91. The minimum absolute atomic E-state index is 0.0905. The second-order valence-corrected chi connectivity index (χ2v) is 7.21. The molecule has 1 aliphatic rings. The van der Waals surface area contributed by atoms with Crippen molar-refractivity contribution in [3.05, 3.63) is 22.8 Å². The quantitative estimate of drug-likeness (QED) is 0.871. The minimum Gasteiger partial charge on any atom is -0.370 e.